The lowest BCUT2D eigenvalue weighted by atomic mass is 9.99. The molecule has 3 rings (SSSR count). The third-order valence-electron chi connectivity index (χ3n) is 7.99. The molecule has 0 bridgehead atoms. The van der Waals surface area contributed by atoms with Gasteiger partial charge in [0, 0.05) is 5.66 Å². The minimum atomic E-state index is -0.0309. The standard InChI is InChI=1S/C27H50P2/c1-21(29(26(2,3)4)27(5,6)7)24-19-14-20-25(24)28(22-15-10-8-11-16-22)23-17-12-9-13-18-23/h14,20-25H,8-13,15-19H2,1-7H3/t21-,24?,25?/m1/s1. The molecule has 168 valence electrons. The molecule has 2 saturated carbocycles. The predicted octanol–water partition coefficient (Wildman–Crippen LogP) is 9.55. The summed E-state index contributed by atoms with van der Waals surface area (Å²) in [5, 5.41) is 0.886. The predicted molar refractivity (Wildman–Crippen MR) is 138 cm³/mol. The Morgan fingerprint density at radius 3 is 1.59 bits per heavy atom. The molecule has 3 atom stereocenters. The van der Waals surface area contributed by atoms with Gasteiger partial charge < -0.3 is 0 Å². The van der Waals surface area contributed by atoms with Crippen molar-refractivity contribution in [1.29, 1.82) is 0 Å². The zero-order chi connectivity index (χ0) is 21.2. The van der Waals surface area contributed by atoms with Gasteiger partial charge in [-0.05, 0) is 65.3 Å². The second-order valence-electron chi connectivity index (χ2n) is 12.3. The summed E-state index contributed by atoms with van der Waals surface area (Å²) in [6, 6.07) is 0. The zero-order valence-electron chi connectivity index (χ0n) is 20.7. The highest BCUT2D eigenvalue weighted by molar-refractivity contribution is 7.62. The van der Waals surface area contributed by atoms with Gasteiger partial charge in [0.2, 0.25) is 0 Å². The molecule has 0 heterocycles. The van der Waals surface area contributed by atoms with Crippen LogP contribution in [0, 0.1) is 5.92 Å². The fourth-order valence-corrected chi connectivity index (χ4v) is 17.3. The van der Waals surface area contributed by atoms with Crippen LogP contribution in [0.15, 0.2) is 12.2 Å². The summed E-state index contributed by atoms with van der Waals surface area (Å²) in [5.41, 5.74) is 3.97. The Bertz CT molecular complexity index is 494. The van der Waals surface area contributed by atoms with Crippen LogP contribution in [0.5, 0.6) is 0 Å². The number of allylic oxidation sites excluding steroid dienone is 2. The summed E-state index contributed by atoms with van der Waals surface area (Å²) < 4.78 is 0. The second kappa shape index (κ2) is 10.0. The van der Waals surface area contributed by atoms with Gasteiger partial charge in [0.1, 0.15) is 0 Å². The van der Waals surface area contributed by atoms with Crippen molar-refractivity contribution in [2.75, 3.05) is 0 Å². The lowest BCUT2D eigenvalue weighted by Crippen LogP contribution is -2.38. The average Bonchev–Trinajstić information content (AvgIpc) is 3.11. The maximum Gasteiger partial charge on any atom is 0.00125 e. The number of rotatable bonds is 5. The Labute approximate surface area is 186 Å². The summed E-state index contributed by atoms with van der Waals surface area (Å²) in [4.78, 5) is 0. The number of hydrogen-bond acceptors (Lipinski definition) is 0. The van der Waals surface area contributed by atoms with Gasteiger partial charge in [0.25, 0.3) is 0 Å². The lowest BCUT2D eigenvalue weighted by Gasteiger charge is -2.50. The van der Waals surface area contributed by atoms with Crippen LogP contribution in [-0.2, 0) is 0 Å². The van der Waals surface area contributed by atoms with Gasteiger partial charge in [-0.1, -0.05) is 115 Å². The minimum absolute atomic E-state index is 0.0309. The van der Waals surface area contributed by atoms with E-state index in [1.54, 1.807) is 25.7 Å². The Morgan fingerprint density at radius 1 is 0.724 bits per heavy atom. The Balaban J connectivity index is 1.87. The maximum absolute atomic E-state index is 2.76. The monoisotopic (exact) mass is 436 g/mol. The fourth-order valence-electron chi connectivity index (χ4n) is 7.42. The van der Waals surface area contributed by atoms with Crippen LogP contribution >= 0.6 is 15.8 Å². The van der Waals surface area contributed by atoms with Crippen molar-refractivity contribution >= 4 is 15.8 Å². The van der Waals surface area contributed by atoms with Crippen molar-refractivity contribution in [1.82, 2.24) is 0 Å². The minimum Gasteiger partial charge on any atom is -0.0930 e. The summed E-state index contributed by atoms with van der Waals surface area (Å²) in [7, 11) is 0.126. The van der Waals surface area contributed by atoms with E-state index in [9.17, 15) is 0 Å². The third kappa shape index (κ3) is 5.89. The molecule has 0 aliphatic heterocycles. The van der Waals surface area contributed by atoms with Gasteiger partial charge >= 0.3 is 0 Å². The average molecular weight is 437 g/mol. The summed E-state index contributed by atoms with van der Waals surface area (Å²) >= 11 is 0. The highest BCUT2D eigenvalue weighted by Gasteiger charge is 2.46. The molecule has 2 unspecified atom stereocenters. The van der Waals surface area contributed by atoms with Gasteiger partial charge in [-0.3, -0.25) is 0 Å². The molecule has 0 aromatic rings. The molecule has 0 amide bonds. The van der Waals surface area contributed by atoms with Gasteiger partial charge in [-0.2, -0.15) is 0 Å². The molecule has 0 spiro atoms. The van der Waals surface area contributed by atoms with Crippen molar-refractivity contribution in [2.24, 2.45) is 5.92 Å². The van der Waals surface area contributed by atoms with Crippen molar-refractivity contribution in [3.8, 4) is 0 Å². The molecule has 2 fully saturated rings. The van der Waals surface area contributed by atoms with E-state index < -0.39 is 0 Å². The number of hydrogen-bond donors (Lipinski definition) is 0. The van der Waals surface area contributed by atoms with Crippen molar-refractivity contribution in [3.05, 3.63) is 12.2 Å². The normalized spacial score (nSPS) is 29.1. The van der Waals surface area contributed by atoms with Crippen molar-refractivity contribution in [3.63, 3.8) is 0 Å². The molecule has 29 heavy (non-hydrogen) atoms. The van der Waals surface area contributed by atoms with Crippen LogP contribution in [0.4, 0.5) is 0 Å². The first kappa shape index (κ1) is 24.2. The van der Waals surface area contributed by atoms with Gasteiger partial charge in [0.05, 0.1) is 0 Å². The van der Waals surface area contributed by atoms with E-state index in [0.717, 1.165) is 28.6 Å². The molecule has 0 saturated heterocycles. The highest BCUT2D eigenvalue weighted by atomic mass is 31.1. The molecule has 0 nitrogen and oxygen atoms in total. The van der Waals surface area contributed by atoms with Crippen LogP contribution in [0.3, 0.4) is 0 Å². The fraction of sp³-hybridized carbons (Fsp3) is 0.926. The van der Waals surface area contributed by atoms with Crippen molar-refractivity contribution in [2.45, 2.75) is 152 Å². The van der Waals surface area contributed by atoms with E-state index in [1.807, 2.05) is 0 Å². The lowest BCUT2D eigenvalue weighted by molar-refractivity contribution is 0.471. The van der Waals surface area contributed by atoms with E-state index in [2.05, 4.69) is 60.6 Å². The topological polar surface area (TPSA) is 0 Å². The van der Waals surface area contributed by atoms with Crippen LogP contribution in [-0.4, -0.2) is 32.9 Å². The molecular weight excluding hydrogens is 386 g/mol. The molecule has 0 aromatic heterocycles. The van der Waals surface area contributed by atoms with Crippen molar-refractivity contribution < 1.29 is 0 Å². The largest absolute Gasteiger partial charge is 0.0930 e. The van der Waals surface area contributed by atoms with Crippen LogP contribution in [0.25, 0.3) is 0 Å². The van der Waals surface area contributed by atoms with Crippen LogP contribution in [0.1, 0.15) is 119 Å². The van der Waals surface area contributed by atoms with Gasteiger partial charge in [0.15, 0.2) is 0 Å². The van der Waals surface area contributed by atoms with E-state index in [0.29, 0.717) is 10.3 Å². The maximum atomic E-state index is 2.76. The molecule has 3 aliphatic carbocycles. The Morgan fingerprint density at radius 2 is 1.17 bits per heavy atom. The molecule has 0 radical (unpaired) electrons. The first-order valence-corrected chi connectivity index (χ1v) is 15.8. The summed E-state index contributed by atoms with van der Waals surface area (Å²) in [6.45, 7) is 17.9. The first-order chi connectivity index (χ1) is 13.6. The van der Waals surface area contributed by atoms with Gasteiger partial charge in [-0.15, -0.1) is 0 Å². The molecule has 0 N–H and O–H groups in total. The van der Waals surface area contributed by atoms with Crippen LogP contribution in [0.2, 0.25) is 0 Å². The molecule has 0 aromatic carbocycles. The third-order valence-corrected chi connectivity index (χ3v) is 16.0. The SMILES string of the molecule is C[C@H](C1CC=CC1P(C1CCCCC1)C1CCCCC1)P(C(C)(C)C)C(C)(C)C. The van der Waals surface area contributed by atoms with Gasteiger partial charge in [-0.25, -0.2) is 0 Å². The van der Waals surface area contributed by atoms with Crippen LogP contribution < -0.4 is 0 Å². The smallest absolute Gasteiger partial charge is 0.00125 e. The van der Waals surface area contributed by atoms with E-state index >= 15 is 0 Å². The second-order valence-corrected chi connectivity index (χ2v) is 19.5. The van der Waals surface area contributed by atoms with E-state index in [1.165, 1.54) is 44.9 Å². The highest BCUT2D eigenvalue weighted by Crippen LogP contribution is 2.69. The molecular formula is C27H50P2. The molecule has 2 heteroatoms. The first-order valence-electron chi connectivity index (χ1n) is 12.8. The Hall–Kier alpha value is 0.600. The molecule has 3 aliphatic rings. The van der Waals surface area contributed by atoms with E-state index in [-0.39, 0.29) is 15.8 Å². The zero-order valence-corrected chi connectivity index (χ0v) is 22.5. The Kier molecular flexibility index (Phi) is 8.39. The summed E-state index contributed by atoms with van der Waals surface area (Å²) in [6.07, 6.45) is 22.0. The van der Waals surface area contributed by atoms with E-state index in [4.69, 9.17) is 0 Å². The quantitative estimate of drug-likeness (QED) is 0.297. The summed E-state index contributed by atoms with van der Waals surface area (Å²) in [5.74, 6) is 0.925.